The standard InChI is InChI=1S/C30H31F2N3O2S/c1-3-20-7-5-8-21(11-20)16-33-17-28(36)26(14-22-12-24(31)15-25(32)13-22)34-29(37)27-18-38-30(35-27)23-9-4-6-19(2)10-23/h4-13,15,18,26,28,33,36H,3,14,16-17H2,1-2H3,(H,34,37). The van der Waals surface area contributed by atoms with Gasteiger partial charge in [0, 0.05) is 30.1 Å². The Labute approximate surface area is 225 Å². The minimum Gasteiger partial charge on any atom is -0.390 e. The van der Waals surface area contributed by atoms with Gasteiger partial charge in [0.05, 0.1) is 12.1 Å². The summed E-state index contributed by atoms with van der Waals surface area (Å²) in [6.07, 6.45) is -0.0463. The van der Waals surface area contributed by atoms with Crippen LogP contribution in [0.15, 0.2) is 72.1 Å². The first-order valence-corrected chi connectivity index (χ1v) is 13.4. The maximum atomic E-state index is 13.8. The maximum absolute atomic E-state index is 13.8. The first-order valence-electron chi connectivity index (χ1n) is 12.6. The Morgan fingerprint density at radius 3 is 2.47 bits per heavy atom. The number of halogens is 2. The highest BCUT2D eigenvalue weighted by molar-refractivity contribution is 7.13. The van der Waals surface area contributed by atoms with Gasteiger partial charge in [-0.1, -0.05) is 55.0 Å². The molecule has 0 aliphatic rings. The van der Waals surface area contributed by atoms with Crippen LogP contribution in [-0.2, 0) is 19.4 Å². The van der Waals surface area contributed by atoms with E-state index in [-0.39, 0.29) is 18.7 Å². The fraction of sp³-hybridized carbons (Fsp3) is 0.267. The molecule has 2 unspecified atom stereocenters. The molecule has 3 N–H and O–H groups in total. The van der Waals surface area contributed by atoms with Crippen molar-refractivity contribution in [3.8, 4) is 10.6 Å². The normalized spacial score (nSPS) is 12.8. The van der Waals surface area contributed by atoms with E-state index in [0.717, 1.165) is 29.2 Å². The quantitative estimate of drug-likeness (QED) is 0.239. The number of aromatic nitrogens is 1. The van der Waals surface area contributed by atoms with E-state index in [0.29, 0.717) is 17.1 Å². The second-order valence-corrected chi connectivity index (χ2v) is 10.2. The molecule has 0 aliphatic carbocycles. The highest BCUT2D eigenvalue weighted by Gasteiger charge is 2.24. The SMILES string of the molecule is CCc1cccc(CNCC(O)C(Cc2cc(F)cc(F)c2)NC(=O)c2csc(-c3cccc(C)c3)n2)c1. The molecule has 3 aromatic carbocycles. The minimum atomic E-state index is -1.02. The molecule has 8 heteroatoms. The van der Waals surface area contributed by atoms with E-state index < -0.39 is 29.7 Å². The van der Waals surface area contributed by atoms with Crippen LogP contribution < -0.4 is 10.6 Å². The predicted molar refractivity (Wildman–Crippen MR) is 147 cm³/mol. The zero-order chi connectivity index (χ0) is 27.1. The first kappa shape index (κ1) is 27.6. The lowest BCUT2D eigenvalue weighted by Gasteiger charge is -2.24. The Hall–Kier alpha value is -3.46. The Balaban J connectivity index is 1.47. The Kier molecular flexibility index (Phi) is 9.33. The van der Waals surface area contributed by atoms with Crippen molar-refractivity contribution in [1.29, 1.82) is 0 Å². The van der Waals surface area contributed by atoms with Gasteiger partial charge in [0.15, 0.2) is 0 Å². The number of thiazole rings is 1. The second kappa shape index (κ2) is 12.9. The molecular formula is C30H31F2N3O2S. The maximum Gasteiger partial charge on any atom is 0.271 e. The van der Waals surface area contributed by atoms with E-state index in [1.807, 2.05) is 43.3 Å². The summed E-state index contributed by atoms with van der Waals surface area (Å²) in [5.41, 5.74) is 4.85. The van der Waals surface area contributed by atoms with Crippen molar-refractivity contribution in [3.63, 3.8) is 0 Å². The minimum absolute atomic E-state index is 0.0451. The molecular weight excluding hydrogens is 504 g/mol. The van der Waals surface area contributed by atoms with Gasteiger partial charge in [0.25, 0.3) is 5.91 Å². The fourth-order valence-electron chi connectivity index (χ4n) is 4.26. The van der Waals surface area contributed by atoms with Gasteiger partial charge < -0.3 is 15.7 Å². The molecule has 0 radical (unpaired) electrons. The van der Waals surface area contributed by atoms with Gasteiger partial charge in [-0.15, -0.1) is 11.3 Å². The number of hydrogen-bond acceptors (Lipinski definition) is 5. The van der Waals surface area contributed by atoms with Crippen LogP contribution in [0.5, 0.6) is 0 Å². The number of aryl methyl sites for hydroxylation is 2. The van der Waals surface area contributed by atoms with Crippen LogP contribution in [0.4, 0.5) is 8.78 Å². The number of benzene rings is 3. The summed E-state index contributed by atoms with van der Waals surface area (Å²) in [6.45, 7) is 4.78. The van der Waals surface area contributed by atoms with Crippen molar-refractivity contribution >= 4 is 17.2 Å². The number of aliphatic hydroxyl groups is 1. The molecule has 0 aliphatic heterocycles. The number of carbonyl (C=O) groups excluding carboxylic acids is 1. The summed E-state index contributed by atoms with van der Waals surface area (Å²) in [6, 6.07) is 18.4. The first-order chi connectivity index (χ1) is 18.3. The monoisotopic (exact) mass is 535 g/mol. The molecule has 5 nitrogen and oxygen atoms in total. The number of hydrogen-bond donors (Lipinski definition) is 3. The molecule has 38 heavy (non-hydrogen) atoms. The number of aliphatic hydroxyl groups excluding tert-OH is 1. The lowest BCUT2D eigenvalue weighted by Crippen LogP contribution is -2.48. The summed E-state index contributed by atoms with van der Waals surface area (Å²) < 4.78 is 27.7. The molecule has 1 amide bonds. The average Bonchev–Trinajstić information content (AvgIpc) is 3.38. The Morgan fingerprint density at radius 2 is 1.74 bits per heavy atom. The zero-order valence-corrected chi connectivity index (χ0v) is 22.2. The van der Waals surface area contributed by atoms with Gasteiger partial charge in [-0.2, -0.15) is 0 Å². The average molecular weight is 536 g/mol. The molecule has 4 aromatic rings. The number of carbonyl (C=O) groups is 1. The topological polar surface area (TPSA) is 74.2 Å². The van der Waals surface area contributed by atoms with Gasteiger partial charge >= 0.3 is 0 Å². The van der Waals surface area contributed by atoms with E-state index >= 15 is 0 Å². The fourth-order valence-corrected chi connectivity index (χ4v) is 5.06. The van der Waals surface area contributed by atoms with Crippen LogP contribution in [0.3, 0.4) is 0 Å². The molecule has 0 bridgehead atoms. The Morgan fingerprint density at radius 1 is 1.00 bits per heavy atom. The van der Waals surface area contributed by atoms with Crippen molar-refractivity contribution < 1.29 is 18.7 Å². The highest BCUT2D eigenvalue weighted by atomic mass is 32.1. The number of amides is 1. The smallest absolute Gasteiger partial charge is 0.271 e. The summed E-state index contributed by atoms with van der Waals surface area (Å²) in [5.74, 6) is -1.89. The molecule has 198 valence electrons. The van der Waals surface area contributed by atoms with Crippen molar-refractivity contribution in [2.24, 2.45) is 0 Å². The lowest BCUT2D eigenvalue weighted by atomic mass is 10.00. The third kappa shape index (κ3) is 7.54. The van der Waals surface area contributed by atoms with Crippen LogP contribution in [0, 0.1) is 18.6 Å². The van der Waals surface area contributed by atoms with Crippen LogP contribution in [0.25, 0.3) is 10.6 Å². The van der Waals surface area contributed by atoms with E-state index in [1.165, 1.54) is 29.0 Å². The summed E-state index contributed by atoms with van der Waals surface area (Å²) in [4.78, 5) is 17.6. The van der Waals surface area contributed by atoms with Gasteiger partial charge in [-0.25, -0.2) is 13.8 Å². The number of nitrogens with one attached hydrogen (secondary N) is 2. The molecule has 4 rings (SSSR count). The van der Waals surface area contributed by atoms with Gasteiger partial charge in [-0.05, 0) is 54.7 Å². The molecule has 2 atom stereocenters. The molecule has 0 saturated heterocycles. The molecule has 0 saturated carbocycles. The zero-order valence-electron chi connectivity index (χ0n) is 21.4. The van der Waals surface area contributed by atoms with Crippen molar-refractivity contribution in [2.45, 2.75) is 45.4 Å². The van der Waals surface area contributed by atoms with Gasteiger partial charge in [-0.3, -0.25) is 4.79 Å². The molecule has 1 heterocycles. The summed E-state index contributed by atoms with van der Waals surface area (Å²) in [7, 11) is 0. The summed E-state index contributed by atoms with van der Waals surface area (Å²) in [5, 5.41) is 19.4. The van der Waals surface area contributed by atoms with Crippen LogP contribution >= 0.6 is 11.3 Å². The van der Waals surface area contributed by atoms with Crippen molar-refractivity contribution in [1.82, 2.24) is 15.6 Å². The lowest BCUT2D eigenvalue weighted by molar-refractivity contribution is 0.0826. The predicted octanol–water partition coefficient (Wildman–Crippen LogP) is 5.45. The Bertz CT molecular complexity index is 1370. The van der Waals surface area contributed by atoms with E-state index in [9.17, 15) is 18.7 Å². The van der Waals surface area contributed by atoms with E-state index in [4.69, 9.17) is 0 Å². The van der Waals surface area contributed by atoms with Crippen molar-refractivity contribution in [3.05, 3.63) is 112 Å². The number of nitrogens with zero attached hydrogens (tertiary/aromatic N) is 1. The van der Waals surface area contributed by atoms with Gasteiger partial charge in [0.1, 0.15) is 22.3 Å². The molecule has 1 aromatic heterocycles. The largest absolute Gasteiger partial charge is 0.390 e. The van der Waals surface area contributed by atoms with E-state index in [2.05, 4.69) is 34.7 Å². The number of rotatable bonds is 11. The molecule has 0 fully saturated rings. The third-order valence-corrected chi connectivity index (χ3v) is 7.13. The van der Waals surface area contributed by atoms with Crippen LogP contribution in [0.1, 0.15) is 39.7 Å². The van der Waals surface area contributed by atoms with Crippen LogP contribution in [-0.4, -0.2) is 34.7 Å². The third-order valence-electron chi connectivity index (χ3n) is 6.24. The molecule has 0 spiro atoms. The van der Waals surface area contributed by atoms with E-state index in [1.54, 1.807) is 5.38 Å². The second-order valence-electron chi connectivity index (χ2n) is 9.34. The summed E-state index contributed by atoms with van der Waals surface area (Å²) >= 11 is 1.35. The highest BCUT2D eigenvalue weighted by Crippen LogP contribution is 2.24. The van der Waals surface area contributed by atoms with Gasteiger partial charge in [0.2, 0.25) is 0 Å². The van der Waals surface area contributed by atoms with Crippen molar-refractivity contribution in [2.75, 3.05) is 6.54 Å². The van der Waals surface area contributed by atoms with Crippen LogP contribution in [0.2, 0.25) is 0 Å².